The van der Waals surface area contributed by atoms with Crippen molar-refractivity contribution in [2.75, 3.05) is 40.3 Å². The largest absolute Gasteiger partial charge is 0.490 e. The molecule has 0 aromatic heterocycles. The number of nitro benzene ring substituents is 1. The molecule has 0 saturated heterocycles. The number of methoxy groups -OCH3 is 1. The van der Waals surface area contributed by atoms with Gasteiger partial charge in [-0.1, -0.05) is 31.2 Å². The lowest BCUT2D eigenvalue weighted by Gasteiger charge is -2.31. The van der Waals surface area contributed by atoms with Crippen LogP contribution in [0.25, 0.3) is 0 Å². The maximum atomic E-state index is 13.3. The van der Waals surface area contributed by atoms with Crippen molar-refractivity contribution in [2.24, 2.45) is 10.9 Å². The first kappa shape index (κ1) is 31.4. The zero-order valence-corrected chi connectivity index (χ0v) is 23.8. The van der Waals surface area contributed by atoms with Crippen LogP contribution in [0.15, 0.2) is 64.8 Å². The molecule has 2 aromatic rings. The van der Waals surface area contributed by atoms with E-state index >= 15 is 0 Å². The first-order valence-corrected chi connectivity index (χ1v) is 13.4. The highest BCUT2D eigenvalue weighted by atomic mass is 16.7. The molecule has 2 atom stereocenters. The quantitative estimate of drug-likeness (QED) is 0.0977. The van der Waals surface area contributed by atoms with Crippen LogP contribution in [0.3, 0.4) is 0 Å². The second kappa shape index (κ2) is 15.6. The fourth-order valence-corrected chi connectivity index (χ4v) is 4.56. The molecule has 0 saturated carbocycles. The molecule has 0 bridgehead atoms. The number of hydrogen-bond donors (Lipinski definition) is 0. The summed E-state index contributed by atoms with van der Waals surface area (Å²) < 4.78 is 27.0. The Balaban J connectivity index is 1.63. The average Bonchev–Trinajstić information content (AvgIpc) is 2.97. The molecular formula is C30H36N2O9. The predicted octanol–water partition coefficient (Wildman–Crippen LogP) is 4.78. The first-order valence-electron chi connectivity index (χ1n) is 13.4. The summed E-state index contributed by atoms with van der Waals surface area (Å²) in [7, 11) is 1.24. The Morgan fingerprint density at radius 3 is 2.41 bits per heavy atom. The summed E-state index contributed by atoms with van der Waals surface area (Å²) in [5.41, 5.74) is 2.27. The third kappa shape index (κ3) is 8.70. The Bertz CT molecular complexity index is 1270. The number of allylic oxidation sites excluding steroid dienone is 1. The number of nitrogens with zero attached hydrogens (tertiary/aromatic N) is 2. The van der Waals surface area contributed by atoms with Gasteiger partial charge in [-0.2, -0.15) is 0 Å². The molecule has 0 N–H and O–H groups in total. The van der Waals surface area contributed by atoms with Gasteiger partial charge in [0.15, 0.2) is 0 Å². The normalized spacial score (nSPS) is 16.6. The molecule has 2 aromatic carbocycles. The van der Waals surface area contributed by atoms with Gasteiger partial charge in [0.25, 0.3) is 5.69 Å². The van der Waals surface area contributed by atoms with Gasteiger partial charge in [-0.15, -0.1) is 0 Å². The van der Waals surface area contributed by atoms with Crippen molar-refractivity contribution >= 4 is 23.3 Å². The van der Waals surface area contributed by atoms with E-state index in [-0.39, 0.29) is 31.3 Å². The maximum Gasteiger partial charge on any atom is 0.336 e. The van der Waals surface area contributed by atoms with Crippen LogP contribution in [0.2, 0.25) is 0 Å². The summed E-state index contributed by atoms with van der Waals surface area (Å²) in [5.74, 6) is -2.50. The maximum absolute atomic E-state index is 13.3. The standard InChI is InChI=1S/C30H36N2O9/c1-5-14-38-19-39-15-13-22-9-11-25(12-10-22)40-16-17-41-30(34)27-21(3)31-20(2)26(29(33)37-4)28(27)23-7-6-8-24(18-23)32(35)36/h6-12,18,26,28H,5,13-17,19H2,1-4H3/t26?,28-/m0/s1. The van der Waals surface area contributed by atoms with Crippen LogP contribution in [0.5, 0.6) is 5.75 Å². The average molecular weight is 569 g/mol. The van der Waals surface area contributed by atoms with Gasteiger partial charge in [0.05, 0.1) is 24.2 Å². The molecule has 3 rings (SSSR count). The monoisotopic (exact) mass is 568 g/mol. The van der Waals surface area contributed by atoms with E-state index in [0.29, 0.717) is 35.9 Å². The molecule has 220 valence electrons. The number of hydrogen-bond acceptors (Lipinski definition) is 10. The van der Waals surface area contributed by atoms with Crippen LogP contribution in [-0.2, 0) is 35.0 Å². The number of carbonyl (C=O) groups excluding carboxylic acids is 2. The molecule has 11 nitrogen and oxygen atoms in total. The molecule has 0 fully saturated rings. The fourth-order valence-electron chi connectivity index (χ4n) is 4.56. The second-order valence-electron chi connectivity index (χ2n) is 9.40. The molecule has 0 spiro atoms. The Kier molecular flexibility index (Phi) is 12.0. The molecule has 1 unspecified atom stereocenters. The number of rotatable bonds is 15. The number of ether oxygens (including phenoxy) is 5. The number of nitro groups is 1. The number of esters is 2. The van der Waals surface area contributed by atoms with Gasteiger partial charge in [0.1, 0.15) is 31.7 Å². The lowest BCUT2D eigenvalue weighted by molar-refractivity contribution is -0.384. The van der Waals surface area contributed by atoms with Gasteiger partial charge in [0.2, 0.25) is 0 Å². The van der Waals surface area contributed by atoms with Crippen LogP contribution in [0, 0.1) is 16.0 Å². The minimum atomic E-state index is -0.947. The molecule has 1 heterocycles. The third-order valence-corrected chi connectivity index (χ3v) is 6.50. The highest BCUT2D eigenvalue weighted by molar-refractivity contribution is 6.07. The number of carbonyl (C=O) groups is 2. The van der Waals surface area contributed by atoms with Crippen molar-refractivity contribution in [1.82, 2.24) is 0 Å². The van der Waals surface area contributed by atoms with Crippen molar-refractivity contribution in [3.63, 3.8) is 0 Å². The molecule has 0 aliphatic carbocycles. The van der Waals surface area contributed by atoms with Crippen molar-refractivity contribution in [3.8, 4) is 5.75 Å². The van der Waals surface area contributed by atoms with Gasteiger partial charge in [-0.25, -0.2) is 4.79 Å². The van der Waals surface area contributed by atoms with Crippen LogP contribution in [0.4, 0.5) is 5.69 Å². The van der Waals surface area contributed by atoms with Gasteiger partial charge in [-0.05, 0) is 49.9 Å². The molecule has 1 aliphatic rings. The van der Waals surface area contributed by atoms with Crippen molar-refractivity contribution < 1.29 is 38.2 Å². The molecule has 0 radical (unpaired) electrons. The van der Waals surface area contributed by atoms with Crippen molar-refractivity contribution in [3.05, 3.63) is 81.0 Å². The summed E-state index contributed by atoms with van der Waals surface area (Å²) in [5, 5.41) is 11.4. The van der Waals surface area contributed by atoms with E-state index in [1.54, 1.807) is 19.9 Å². The van der Waals surface area contributed by atoms with Gasteiger partial charge >= 0.3 is 11.9 Å². The summed E-state index contributed by atoms with van der Waals surface area (Å²) in [6, 6.07) is 13.4. The lowest BCUT2D eigenvalue weighted by Crippen LogP contribution is -2.36. The first-order chi connectivity index (χ1) is 19.8. The van der Waals surface area contributed by atoms with E-state index in [4.69, 9.17) is 23.7 Å². The molecular weight excluding hydrogens is 532 g/mol. The van der Waals surface area contributed by atoms with Crippen LogP contribution < -0.4 is 4.74 Å². The Labute approximate surface area is 239 Å². The summed E-state index contributed by atoms with van der Waals surface area (Å²) in [6.07, 6.45) is 1.69. The molecule has 11 heteroatoms. The second-order valence-corrected chi connectivity index (χ2v) is 9.40. The SMILES string of the molecule is CCCOCOCCc1ccc(OCCOC(=O)C2=C(C)N=C(C)C(C(=O)OC)[C@@H]2c2cccc([N+](=O)[O-])c2)cc1. The zero-order valence-electron chi connectivity index (χ0n) is 23.8. The van der Waals surface area contributed by atoms with Gasteiger partial charge in [-0.3, -0.25) is 19.9 Å². The Morgan fingerprint density at radius 1 is 1.00 bits per heavy atom. The van der Waals surface area contributed by atoms with E-state index < -0.39 is 28.7 Å². The van der Waals surface area contributed by atoms with Crippen LogP contribution >= 0.6 is 0 Å². The van der Waals surface area contributed by atoms with Gasteiger partial charge in [0, 0.05) is 36.1 Å². The van der Waals surface area contributed by atoms with Crippen molar-refractivity contribution in [2.45, 2.75) is 39.5 Å². The third-order valence-electron chi connectivity index (χ3n) is 6.50. The molecule has 41 heavy (non-hydrogen) atoms. The van der Waals surface area contributed by atoms with E-state index in [1.807, 2.05) is 31.2 Å². The minimum absolute atomic E-state index is 0.0593. The summed E-state index contributed by atoms with van der Waals surface area (Å²) >= 11 is 0. The fraction of sp³-hybridized carbons (Fsp3) is 0.433. The minimum Gasteiger partial charge on any atom is -0.490 e. The van der Waals surface area contributed by atoms with E-state index in [9.17, 15) is 19.7 Å². The Hall–Kier alpha value is -4.09. The lowest BCUT2D eigenvalue weighted by atomic mass is 9.75. The van der Waals surface area contributed by atoms with Crippen LogP contribution in [-0.4, -0.2) is 62.9 Å². The number of aliphatic imine (C=N–C) groups is 1. The highest BCUT2D eigenvalue weighted by Gasteiger charge is 2.42. The Morgan fingerprint density at radius 2 is 1.73 bits per heavy atom. The molecule has 1 aliphatic heterocycles. The topological polar surface area (TPSA) is 136 Å². The predicted molar refractivity (Wildman–Crippen MR) is 151 cm³/mol. The van der Waals surface area contributed by atoms with Gasteiger partial charge < -0.3 is 23.7 Å². The number of non-ortho nitro benzene ring substituents is 1. The number of benzene rings is 2. The highest BCUT2D eigenvalue weighted by Crippen LogP contribution is 2.40. The summed E-state index contributed by atoms with van der Waals surface area (Å²) in [6.45, 7) is 6.89. The van der Waals surface area contributed by atoms with E-state index in [1.165, 1.54) is 25.3 Å². The van der Waals surface area contributed by atoms with E-state index in [0.717, 1.165) is 18.4 Å². The zero-order chi connectivity index (χ0) is 29.8. The van der Waals surface area contributed by atoms with Crippen LogP contribution in [0.1, 0.15) is 44.2 Å². The van der Waals surface area contributed by atoms with Crippen molar-refractivity contribution in [1.29, 1.82) is 0 Å². The smallest absolute Gasteiger partial charge is 0.336 e. The van der Waals surface area contributed by atoms with E-state index in [2.05, 4.69) is 4.99 Å². The molecule has 0 amide bonds. The summed E-state index contributed by atoms with van der Waals surface area (Å²) in [4.78, 5) is 41.4.